The largest absolute Gasteiger partial charge is 0.299 e. The van der Waals surface area contributed by atoms with E-state index < -0.39 is 0 Å². The van der Waals surface area contributed by atoms with Crippen molar-refractivity contribution < 1.29 is 9.59 Å². The monoisotopic (exact) mass is 258 g/mol. The molecular weight excluding hydrogens is 236 g/mol. The standard InChI is InChI=1S/C17H22O2/c1-11(2)12-8-9-17(10-12)14-4-3-5-15(18)13(14)6-7-16(17)19/h3-10H2,1-2H3/t17-/m0/s1. The van der Waals surface area contributed by atoms with Crippen molar-refractivity contribution in [2.24, 2.45) is 5.41 Å². The first-order valence-corrected chi connectivity index (χ1v) is 7.49. The van der Waals surface area contributed by atoms with Crippen LogP contribution in [0, 0.1) is 5.41 Å². The lowest BCUT2D eigenvalue weighted by Crippen LogP contribution is -2.37. The summed E-state index contributed by atoms with van der Waals surface area (Å²) in [7, 11) is 0. The minimum Gasteiger partial charge on any atom is -0.299 e. The molecule has 0 aliphatic heterocycles. The number of Topliss-reactive ketones (excluding diaryl/α,β-unsaturated/α-hetero) is 2. The second-order valence-corrected chi connectivity index (χ2v) is 6.52. The van der Waals surface area contributed by atoms with Crippen molar-refractivity contribution in [1.82, 2.24) is 0 Å². The van der Waals surface area contributed by atoms with Crippen molar-refractivity contribution in [3.8, 4) is 0 Å². The number of rotatable bonds is 0. The van der Waals surface area contributed by atoms with Gasteiger partial charge < -0.3 is 0 Å². The molecule has 2 nitrogen and oxygen atoms in total. The van der Waals surface area contributed by atoms with Gasteiger partial charge in [0, 0.05) is 12.8 Å². The summed E-state index contributed by atoms with van der Waals surface area (Å²) in [6.45, 7) is 4.28. The Kier molecular flexibility index (Phi) is 2.99. The Hall–Kier alpha value is -1.18. The smallest absolute Gasteiger partial charge is 0.158 e. The van der Waals surface area contributed by atoms with Crippen LogP contribution in [-0.4, -0.2) is 11.6 Å². The van der Waals surface area contributed by atoms with E-state index in [4.69, 9.17) is 0 Å². The zero-order chi connectivity index (χ0) is 13.6. The summed E-state index contributed by atoms with van der Waals surface area (Å²) in [5.41, 5.74) is 4.78. The van der Waals surface area contributed by atoms with E-state index in [1.54, 1.807) is 0 Å². The molecule has 1 fully saturated rings. The van der Waals surface area contributed by atoms with E-state index in [0.29, 0.717) is 30.8 Å². The molecule has 0 N–H and O–H groups in total. The van der Waals surface area contributed by atoms with Gasteiger partial charge in [0.2, 0.25) is 0 Å². The summed E-state index contributed by atoms with van der Waals surface area (Å²) in [5, 5.41) is 0. The third kappa shape index (κ3) is 1.84. The molecule has 0 bridgehead atoms. The van der Waals surface area contributed by atoms with Gasteiger partial charge in [-0.1, -0.05) is 11.1 Å². The number of ketones is 2. The summed E-state index contributed by atoms with van der Waals surface area (Å²) in [6, 6.07) is 0. The molecule has 102 valence electrons. The van der Waals surface area contributed by atoms with Crippen LogP contribution in [0.1, 0.15) is 65.2 Å². The molecule has 0 heterocycles. The molecule has 0 radical (unpaired) electrons. The maximum absolute atomic E-state index is 12.6. The van der Waals surface area contributed by atoms with Gasteiger partial charge in [-0.2, -0.15) is 0 Å². The predicted octanol–water partition coefficient (Wildman–Crippen LogP) is 3.91. The molecule has 1 atom stereocenters. The van der Waals surface area contributed by atoms with Crippen LogP contribution in [0.2, 0.25) is 0 Å². The highest BCUT2D eigenvalue weighted by molar-refractivity contribution is 6.02. The zero-order valence-corrected chi connectivity index (χ0v) is 12.0. The van der Waals surface area contributed by atoms with Crippen molar-refractivity contribution >= 4 is 11.6 Å². The molecule has 0 unspecified atom stereocenters. The van der Waals surface area contributed by atoms with Crippen molar-refractivity contribution in [3.05, 3.63) is 22.3 Å². The summed E-state index contributed by atoms with van der Waals surface area (Å²) in [6.07, 6.45) is 6.77. The second-order valence-electron chi connectivity index (χ2n) is 6.52. The van der Waals surface area contributed by atoms with E-state index in [-0.39, 0.29) is 5.41 Å². The van der Waals surface area contributed by atoms with Crippen LogP contribution in [-0.2, 0) is 9.59 Å². The second kappa shape index (κ2) is 4.43. The molecule has 3 rings (SSSR count). The normalized spacial score (nSPS) is 31.2. The van der Waals surface area contributed by atoms with E-state index in [0.717, 1.165) is 37.7 Å². The van der Waals surface area contributed by atoms with E-state index >= 15 is 0 Å². The van der Waals surface area contributed by atoms with Gasteiger partial charge in [-0.3, -0.25) is 9.59 Å². The van der Waals surface area contributed by atoms with Crippen molar-refractivity contribution in [3.63, 3.8) is 0 Å². The minimum absolute atomic E-state index is 0.281. The molecule has 0 amide bonds. The zero-order valence-electron chi connectivity index (χ0n) is 12.0. The number of carbonyl (C=O) groups excluding carboxylic acids is 2. The van der Waals surface area contributed by atoms with Crippen LogP contribution < -0.4 is 0 Å². The van der Waals surface area contributed by atoms with Crippen LogP contribution in [0.3, 0.4) is 0 Å². The summed E-state index contributed by atoms with van der Waals surface area (Å²) in [4.78, 5) is 24.7. The highest BCUT2D eigenvalue weighted by Gasteiger charge is 2.49. The first-order chi connectivity index (χ1) is 9.04. The van der Waals surface area contributed by atoms with Gasteiger partial charge in [-0.25, -0.2) is 0 Å². The highest BCUT2D eigenvalue weighted by Crippen LogP contribution is 2.55. The average Bonchev–Trinajstić information content (AvgIpc) is 2.81. The van der Waals surface area contributed by atoms with Gasteiger partial charge in [-0.05, 0) is 63.5 Å². The van der Waals surface area contributed by atoms with Crippen LogP contribution in [0.15, 0.2) is 22.3 Å². The van der Waals surface area contributed by atoms with Gasteiger partial charge in [0.05, 0.1) is 5.41 Å². The number of hydrogen-bond acceptors (Lipinski definition) is 2. The van der Waals surface area contributed by atoms with Crippen LogP contribution in [0.5, 0.6) is 0 Å². The van der Waals surface area contributed by atoms with Crippen molar-refractivity contribution in [1.29, 1.82) is 0 Å². The summed E-state index contributed by atoms with van der Waals surface area (Å²) in [5.74, 6) is 0.718. The van der Waals surface area contributed by atoms with Gasteiger partial charge in [-0.15, -0.1) is 0 Å². The molecule has 0 aromatic heterocycles. The van der Waals surface area contributed by atoms with Gasteiger partial charge in [0.1, 0.15) is 5.78 Å². The summed E-state index contributed by atoms with van der Waals surface area (Å²) >= 11 is 0. The van der Waals surface area contributed by atoms with Gasteiger partial charge >= 0.3 is 0 Å². The maximum Gasteiger partial charge on any atom is 0.158 e. The van der Waals surface area contributed by atoms with Crippen molar-refractivity contribution in [2.75, 3.05) is 0 Å². The Morgan fingerprint density at radius 2 is 1.79 bits per heavy atom. The van der Waals surface area contributed by atoms with Crippen molar-refractivity contribution in [2.45, 2.75) is 65.2 Å². The van der Waals surface area contributed by atoms with Crippen LogP contribution >= 0.6 is 0 Å². The molecule has 19 heavy (non-hydrogen) atoms. The lowest BCUT2D eigenvalue weighted by molar-refractivity contribution is -0.127. The molecule has 1 saturated carbocycles. The number of allylic oxidation sites excluding steroid dienone is 4. The SMILES string of the molecule is CC(C)=C1CC[C@@]2(C1)C(=O)CCC1=C2CCCC1=O. The number of fused-ring (bicyclic) bond motifs is 1. The molecule has 0 aromatic rings. The lowest BCUT2D eigenvalue weighted by atomic mass is 9.63. The molecule has 0 saturated heterocycles. The van der Waals surface area contributed by atoms with Crippen LogP contribution in [0.4, 0.5) is 0 Å². The molecule has 0 aromatic carbocycles. The van der Waals surface area contributed by atoms with Gasteiger partial charge in [0.25, 0.3) is 0 Å². The number of carbonyl (C=O) groups is 2. The summed E-state index contributed by atoms with van der Waals surface area (Å²) < 4.78 is 0. The highest BCUT2D eigenvalue weighted by atomic mass is 16.1. The fraction of sp³-hybridized carbons (Fsp3) is 0.647. The molecule has 3 aliphatic carbocycles. The van der Waals surface area contributed by atoms with E-state index in [9.17, 15) is 9.59 Å². The lowest BCUT2D eigenvalue weighted by Gasteiger charge is -2.38. The Bertz CT molecular complexity index is 517. The van der Waals surface area contributed by atoms with E-state index in [1.807, 2.05) is 0 Å². The third-order valence-electron chi connectivity index (χ3n) is 5.32. The fourth-order valence-corrected chi connectivity index (χ4v) is 4.19. The first kappa shape index (κ1) is 12.8. The predicted molar refractivity (Wildman–Crippen MR) is 74.8 cm³/mol. The van der Waals surface area contributed by atoms with Gasteiger partial charge in [0.15, 0.2) is 5.78 Å². The van der Waals surface area contributed by atoms with Crippen LogP contribution in [0.25, 0.3) is 0 Å². The molecular formula is C17H22O2. The number of hydrogen-bond donors (Lipinski definition) is 0. The van der Waals surface area contributed by atoms with E-state index in [2.05, 4.69) is 13.8 Å². The molecule has 1 spiro atoms. The molecule has 3 aliphatic rings. The maximum atomic E-state index is 12.6. The topological polar surface area (TPSA) is 34.1 Å². The van der Waals surface area contributed by atoms with E-state index in [1.165, 1.54) is 16.7 Å². The minimum atomic E-state index is -0.281. The Morgan fingerprint density at radius 3 is 2.47 bits per heavy atom. The Balaban J connectivity index is 2.08. The Labute approximate surface area is 115 Å². The fourth-order valence-electron chi connectivity index (χ4n) is 4.19. The average molecular weight is 258 g/mol. The first-order valence-electron chi connectivity index (χ1n) is 7.49. The third-order valence-corrected chi connectivity index (χ3v) is 5.32. The Morgan fingerprint density at radius 1 is 1.00 bits per heavy atom. The molecule has 2 heteroatoms. The quantitative estimate of drug-likeness (QED) is 0.617.